The van der Waals surface area contributed by atoms with Gasteiger partial charge in [-0.3, -0.25) is 0 Å². The molecule has 0 saturated heterocycles. The van der Waals surface area contributed by atoms with Crippen LogP contribution in [0, 0.1) is 0 Å². The smallest absolute Gasteiger partial charge is 0.148 e. The molecule has 96 valence electrons. The van der Waals surface area contributed by atoms with Crippen molar-refractivity contribution in [3.63, 3.8) is 0 Å². The fraction of sp³-hybridized carbons (Fsp3) is 0.636. The number of nitrogen functional groups attached to an aromatic ring is 1. The van der Waals surface area contributed by atoms with Gasteiger partial charge in [0.25, 0.3) is 0 Å². The second-order valence-corrected chi connectivity index (χ2v) is 3.69. The van der Waals surface area contributed by atoms with Crippen molar-refractivity contribution in [2.75, 3.05) is 23.9 Å². The van der Waals surface area contributed by atoms with Crippen molar-refractivity contribution in [3.05, 3.63) is 11.9 Å². The summed E-state index contributed by atoms with van der Waals surface area (Å²) < 4.78 is 5.45. The first kappa shape index (κ1) is 13.7. The molecule has 0 saturated carbocycles. The van der Waals surface area contributed by atoms with Gasteiger partial charge < -0.3 is 15.5 Å². The lowest BCUT2D eigenvalue weighted by molar-refractivity contribution is 0.0854. The molecule has 0 radical (unpaired) electrons. The number of hydrogen-bond donors (Lipinski definition) is 3. The molecule has 1 aromatic rings. The van der Waals surface area contributed by atoms with E-state index in [1.807, 2.05) is 20.8 Å². The van der Waals surface area contributed by atoms with E-state index in [-0.39, 0.29) is 6.10 Å². The van der Waals surface area contributed by atoms with Crippen molar-refractivity contribution >= 4 is 11.6 Å². The fourth-order valence-corrected chi connectivity index (χ4v) is 1.61. The average molecular weight is 239 g/mol. The summed E-state index contributed by atoms with van der Waals surface area (Å²) in [7, 11) is 0. The first-order valence-electron chi connectivity index (χ1n) is 5.88. The first-order valence-corrected chi connectivity index (χ1v) is 5.88. The summed E-state index contributed by atoms with van der Waals surface area (Å²) in [5, 5.41) is 3.25. The highest BCUT2D eigenvalue weighted by atomic mass is 16.5. The number of hydrazine groups is 1. The number of nitrogens with two attached hydrogens (primary N) is 1. The Morgan fingerprint density at radius 3 is 2.65 bits per heavy atom. The maximum atomic E-state index is 5.45. The first-order chi connectivity index (χ1) is 8.22. The van der Waals surface area contributed by atoms with E-state index >= 15 is 0 Å². The van der Waals surface area contributed by atoms with Crippen molar-refractivity contribution < 1.29 is 4.74 Å². The van der Waals surface area contributed by atoms with E-state index in [2.05, 4.69) is 20.7 Å². The molecule has 1 unspecified atom stereocenters. The molecule has 0 aliphatic heterocycles. The summed E-state index contributed by atoms with van der Waals surface area (Å²) in [6.45, 7) is 7.46. The van der Waals surface area contributed by atoms with Gasteiger partial charge in [0.05, 0.1) is 6.10 Å². The van der Waals surface area contributed by atoms with Crippen molar-refractivity contribution in [1.82, 2.24) is 9.97 Å². The molecule has 0 aromatic carbocycles. The number of aromatic nitrogens is 2. The Bertz CT molecular complexity index is 345. The molecule has 1 atom stereocenters. The third-order valence-corrected chi connectivity index (χ3v) is 2.44. The molecule has 0 bridgehead atoms. The normalized spacial score (nSPS) is 12.2. The quantitative estimate of drug-likeness (QED) is 0.489. The van der Waals surface area contributed by atoms with Crippen molar-refractivity contribution in [2.45, 2.75) is 33.3 Å². The largest absolute Gasteiger partial charge is 0.377 e. The zero-order valence-corrected chi connectivity index (χ0v) is 10.7. The Morgan fingerprint density at radius 1 is 1.35 bits per heavy atom. The lowest BCUT2D eigenvalue weighted by Gasteiger charge is -2.16. The number of anilines is 2. The lowest BCUT2D eigenvalue weighted by atomic mass is 10.2. The van der Waals surface area contributed by atoms with E-state index in [9.17, 15) is 0 Å². The number of ether oxygens (including phenoxy) is 1. The Morgan fingerprint density at radius 2 is 2.06 bits per heavy atom. The van der Waals surface area contributed by atoms with Gasteiger partial charge in [0.2, 0.25) is 0 Å². The SMILES string of the molecule is CCOC(C)CNc1ncnc(NN)c1CC. The van der Waals surface area contributed by atoms with Gasteiger partial charge >= 0.3 is 0 Å². The molecule has 17 heavy (non-hydrogen) atoms. The average Bonchev–Trinajstić information content (AvgIpc) is 2.36. The van der Waals surface area contributed by atoms with Gasteiger partial charge in [-0.05, 0) is 20.3 Å². The van der Waals surface area contributed by atoms with E-state index in [0.29, 0.717) is 19.0 Å². The second kappa shape index (κ2) is 7.03. The maximum absolute atomic E-state index is 5.45. The fourth-order valence-electron chi connectivity index (χ4n) is 1.61. The molecule has 6 nitrogen and oxygen atoms in total. The molecular weight excluding hydrogens is 218 g/mol. The Labute approximate surface area is 102 Å². The molecule has 0 amide bonds. The maximum Gasteiger partial charge on any atom is 0.148 e. The Hall–Kier alpha value is -1.40. The third kappa shape index (κ3) is 3.83. The van der Waals surface area contributed by atoms with Gasteiger partial charge in [-0.2, -0.15) is 0 Å². The molecule has 0 aliphatic carbocycles. The van der Waals surface area contributed by atoms with Crippen LogP contribution in [-0.4, -0.2) is 29.2 Å². The van der Waals surface area contributed by atoms with E-state index < -0.39 is 0 Å². The van der Waals surface area contributed by atoms with E-state index in [1.165, 1.54) is 6.33 Å². The van der Waals surface area contributed by atoms with Crippen molar-refractivity contribution in [3.8, 4) is 0 Å². The van der Waals surface area contributed by atoms with Crippen LogP contribution in [0.2, 0.25) is 0 Å². The zero-order valence-electron chi connectivity index (χ0n) is 10.7. The monoisotopic (exact) mass is 239 g/mol. The molecule has 0 fully saturated rings. The van der Waals surface area contributed by atoms with Crippen LogP contribution in [0.1, 0.15) is 26.3 Å². The Kier molecular flexibility index (Phi) is 5.65. The van der Waals surface area contributed by atoms with Crippen LogP contribution in [0.4, 0.5) is 11.6 Å². The molecule has 0 spiro atoms. The number of hydrogen-bond acceptors (Lipinski definition) is 6. The predicted octanol–water partition coefficient (Wildman–Crippen LogP) is 1.16. The van der Waals surface area contributed by atoms with Crippen molar-refractivity contribution in [1.29, 1.82) is 0 Å². The van der Waals surface area contributed by atoms with Crippen LogP contribution in [-0.2, 0) is 11.2 Å². The topological polar surface area (TPSA) is 85.1 Å². The van der Waals surface area contributed by atoms with Gasteiger partial charge in [0.15, 0.2) is 0 Å². The van der Waals surface area contributed by atoms with E-state index in [1.54, 1.807) is 0 Å². The molecule has 1 heterocycles. The highest BCUT2D eigenvalue weighted by molar-refractivity contribution is 5.56. The van der Waals surface area contributed by atoms with Gasteiger partial charge in [-0.15, -0.1) is 0 Å². The summed E-state index contributed by atoms with van der Waals surface area (Å²) in [4.78, 5) is 8.29. The van der Waals surface area contributed by atoms with Gasteiger partial charge in [0.1, 0.15) is 18.0 Å². The summed E-state index contributed by atoms with van der Waals surface area (Å²) in [5.74, 6) is 6.87. The number of rotatable bonds is 7. The number of nitrogens with one attached hydrogen (secondary N) is 2. The molecule has 1 rings (SSSR count). The summed E-state index contributed by atoms with van der Waals surface area (Å²) in [6, 6.07) is 0. The second-order valence-electron chi connectivity index (χ2n) is 3.69. The molecule has 4 N–H and O–H groups in total. The van der Waals surface area contributed by atoms with E-state index in [0.717, 1.165) is 17.8 Å². The summed E-state index contributed by atoms with van der Waals surface area (Å²) >= 11 is 0. The minimum absolute atomic E-state index is 0.147. The number of nitrogens with zero attached hydrogens (tertiary/aromatic N) is 2. The van der Waals surface area contributed by atoms with Crippen LogP contribution >= 0.6 is 0 Å². The summed E-state index contributed by atoms with van der Waals surface area (Å²) in [6.07, 6.45) is 2.45. The van der Waals surface area contributed by atoms with Crippen LogP contribution < -0.4 is 16.6 Å². The lowest BCUT2D eigenvalue weighted by Crippen LogP contribution is -2.21. The highest BCUT2D eigenvalue weighted by Gasteiger charge is 2.09. The molecule has 1 aromatic heterocycles. The minimum atomic E-state index is 0.147. The predicted molar refractivity (Wildman–Crippen MR) is 68.8 cm³/mol. The molecule has 6 heteroatoms. The molecular formula is C11H21N5O. The third-order valence-electron chi connectivity index (χ3n) is 2.44. The van der Waals surface area contributed by atoms with Crippen LogP contribution in [0.3, 0.4) is 0 Å². The standard InChI is InChI=1S/C11H21N5O/c1-4-9-10(13-6-8(3)17-5-2)14-7-15-11(9)16-12/h7-8H,4-6,12H2,1-3H3,(H2,13,14,15,16). The van der Waals surface area contributed by atoms with E-state index in [4.69, 9.17) is 10.6 Å². The Balaban J connectivity index is 2.70. The minimum Gasteiger partial charge on any atom is -0.377 e. The van der Waals surface area contributed by atoms with Crippen LogP contribution in [0.15, 0.2) is 6.33 Å². The van der Waals surface area contributed by atoms with Crippen LogP contribution in [0.5, 0.6) is 0 Å². The van der Waals surface area contributed by atoms with Crippen LogP contribution in [0.25, 0.3) is 0 Å². The molecule has 0 aliphatic rings. The van der Waals surface area contributed by atoms with Gasteiger partial charge in [-0.25, -0.2) is 15.8 Å². The highest BCUT2D eigenvalue weighted by Crippen LogP contribution is 2.19. The van der Waals surface area contributed by atoms with Crippen molar-refractivity contribution in [2.24, 2.45) is 5.84 Å². The van der Waals surface area contributed by atoms with Gasteiger partial charge in [-0.1, -0.05) is 6.92 Å². The zero-order chi connectivity index (χ0) is 12.7. The van der Waals surface area contributed by atoms with Gasteiger partial charge in [0, 0.05) is 18.7 Å². The summed E-state index contributed by atoms with van der Waals surface area (Å²) in [5.41, 5.74) is 3.56.